The van der Waals surface area contributed by atoms with Crippen LogP contribution in [0.15, 0.2) is 24.3 Å². The van der Waals surface area contributed by atoms with Crippen molar-refractivity contribution in [1.82, 2.24) is 5.32 Å². The molecule has 2 bridgehead atoms. The third-order valence-corrected chi connectivity index (χ3v) is 5.76. The van der Waals surface area contributed by atoms with E-state index in [2.05, 4.69) is 5.32 Å². The van der Waals surface area contributed by atoms with Gasteiger partial charge in [0, 0.05) is 16.8 Å². The molecule has 0 aliphatic heterocycles. The van der Waals surface area contributed by atoms with Gasteiger partial charge in [-0.1, -0.05) is 30.2 Å². The van der Waals surface area contributed by atoms with E-state index in [1.54, 1.807) is 11.8 Å². The zero-order valence-corrected chi connectivity index (χ0v) is 13.1. The van der Waals surface area contributed by atoms with Gasteiger partial charge >= 0.3 is 0 Å². The average molecular weight is 310 g/mol. The van der Waals surface area contributed by atoms with Crippen molar-refractivity contribution in [3.8, 4) is 0 Å². The Bertz CT molecular complexity index is 476. The van der Waals surface area contributed by atoms with Crippen LogP contribution in [0.2, 0.25) is 5.02 Å². The Hall–Kier alpha value is -0.670. The van der Waals surface area contributed by atoms with Crippen LogP contribution in [-0.2, 0) is 10.5 Å². The highest BCUT2D eigenvalue weighted by molar-refractivity contribution is 7.99. The average Bonchev–Trinajstić information content (AvgIpc) is 3.03. The Morgan fingerprint density at radius 3 is 2.70 bits per heavy atom. The molecule has 0 saturated heterocycles. The van der Waals surface area contributed by atoms with Gasteiger partial charge in [-0.2, -0.15) is 0 Å². The molecule has 2 fully saturated rings. The first kappa shape index (κ1) is 14.3. The first-order valence-electron chi connectivity index (χ1n) is 7.32. The maximum atomic E-state index is 12.0. The van der Waals surface area contributed by atoms with Crippen LogP contribution in [0.25, 0.3) is 0 Å². The topological polar surface area (TPSA) is 29.1 Å². The van der Waals surface area contributed by atoms with E-state index in [1.165, 1.54) is 31.2 Å². The van der Waals surface area contributed by atoms with Gasteiger partial charge in [-0.05, 0) is 48.8 Å². The molecule has 1 N–H and O–H groups in total. The molecular weight excluding hydrogens is 290 g/mol. The lowest BCUT2D eigenvalue weighted by Crippen LogP contribution is -2.39. The first-order chi connectivity index (χ1) is 9.70. The van der Waals surface area contributed by atoms with Crippen molar-refractivity contribution in [2.24, 2.45) is 11.8 Å². The Morgan fingerprint density at radius 2 is 2.05 bits per heavy atom. The minimum atomic E-state index is 0.196. The maximum Gasteiger partial charge on any atom is 0.230 e. The summed E-state index contributed by atoms with van der Waals surface area (Å²) in [5.41, 5.74) is 1.21. The lowest BCUT2D eigenvalue weighted by atomic mass is 9.95. The largest absolute Gasteiger partial charge is 0.352 e. The fraction of sp³-hybridized carbons (Fsp3) is 0.562. The Balaban J connectivity index is 1.38. The second-order valence-corrected chi connectivity index (χ2v) is 7.39. The molecule has 1 aromatic rings. The zero-order chi connectivity index (χ0) is 13.9. The Morgan fingerprint density at radius 1 is 1.25 bits per heavy atom. The van der Waals surface area contributed by atoms with E-state index in [0.29, 0.717) is 11.8 Å². The van der Waals surface area contributed by atoms with Crippen molar-refractivity contribution >= 4 is 29.3 Å². The highest BCUT2D eigenvalue weighted by Crippen LogP contribution is 2.44. The summed E-state index contributed by atoms with van der Waals surface area (Å²) < 4.78 is 0. The van der Waals surface area contributed by atoms with Crippen molar-refractivity contribution in [2.45, 2.75) is 37.5 Å². The minimum absolute atomic E-state index is 0.196. The van der Waals surface area contributed by atoms with Gasteiger partial charge in [-0.3, -0.25) is 4.79 Å². The van der Waals surface area contributed by atoms with Crippen LogP contribution in [0.5, 0.6) is 0 Å². The summed E-state index contributed by atoms with van der Waals surface area (Å²) in [6, 6.07) is 8.28. The van der Waals surface area contributed by atoms with Gasteiger partial charge in [0.15, 0.2) is 0 Å². The number of benzene rings is 1. The van der Waals surface area contributed by atoms with E-state index in [4.69, 9.17) is 11.6 Å². The molecule has 0 radical (unpaired) electrons. The maximum absolute atomic E-state index is 12.0. The predicted molar refractivity (Wildman–Crippen MR) is 85.0 cm³/mol. The van der Waals surface area contributed by atoms with Gasteiger partial charge in [-0.25, -0.2) is 0 Å². The van der Waals surface area contributed by atoms with Gasteiger partial charge < -0.3 is 5.32 Å². The van der Waals surface area contributed by atoms with E-state index >= 15 is 0 Å². The molecule has 0 spiro atoms. The lowest BCUT2D eigenvalue weighted by Gasteiger charge is -2.22. The van der Waals surface area contributed by atoms with Crippen LogP contribution in [0.1, 0.15) is 31.2 Å². The molecule has 2 nitrogen and oxygen atoms in total. The van der Waals surface area contributed by atoms with Crippen molar-refractivity contribution in [3.63, 3.8) is 0 Å². The second kappa shape index (κ2) is 6.40. The van der Waals surface area contributed by atoms with Crippen LogP contribution in [-0.4, -0.2) is 17.7 Å². The van der Waals surface area contributed by atoms with E-state index in [-0.39, 0.29) is 5.91 Å². The number of rotatable bonds is 5. The summed E-state index contributed by atoms with van der Waals surface area (Å²) in [6.07, 6.45) is 5.23. The molecule has 108 valence electrons. The molecule has 0 heterocycles. The molecule has 2 aliphatic rings. The summed E-state index contributed by atoms with van der Waals surface area (Å²) in [7, 11) is 0. The van der Waals surface area contributed by atoms with Crippen molar-refractivity contribution in [1.29, 1.82) is 0 Å². The molecule has 2 saturated carbocycles. The number of amides is 1. The lowest BCUT2D eigenvalue weighted by molar-refractivity contribution is -0.119. The van der Waals surface area contributed by atoms with E-state index < -0.39 is 0 Å². The number of thioether (sulfide) groups is 1. The number of hydrogen-bond donors (Lipinski definition) is 1. The summed E-state index contributed by atoms with van der Waals surface area (Å²) in [6.45, 7) is 0. The monoisotopic (exact) mass is 309 g/mol. The molecular formula is C16H20ClNOS. The molecule has 4 heteroatoms. The standard InChI is InChI=1S/C16H20ClNOS/c17-14-5-2-11(3-6-14)9-20-10-16(19)18-15-8-12-1-4-13(15)7-12/h2-3,5-6,12-13,15H,1,4,7-10H2,(H,18,19)/t12-,13-,15+/m1/s1. The van der Waals surface area contributed by atoms with Gasteiger partial charge in [0.2, 0.25) is 5.91 Å². The van der Waals surface area contributed by atoms with Crippen molar-refractivity contribution in [3.05, 3.63) is 34.9 Å². The summed E-state index contributed by atoms with van der Waals surface area (Å²) in [5.74, 6) is 3.25. The third kappa shape index (κ3) is 3.50. The smallest absolute Gasteiger partial charge is 0.230 e. The number of halogens is 1. The zero-order valence-electron chi connectivity index (χ0n) is 11.5. The van der Waals surface area contributed by atoms with Crippen molar-refractivity contribution < 1.29 is 4.79 Å². The van der Waals surface area contributed by atoms with Gasteiger partial charge in [0.1, 0.15) is 0 Å². The highest BCUT2D eigenvalue weighted by Gasteiger charge is 2.39. The summed E-state index contributed by atoms with van der Waals surface area (Å²) >= 11 is 7.52. The molecule has 3 atom stereocenters. The molecule has 20 heavy (non-hydrogen) atoms. The fourth-order valence-corrected chi connectivity index (χ4v) is 4.44. The van der Waals surface area contributed by atoms with Gasteiger partial charge in [0.05, 0.1) is 5.75 Å². The Labute approximate surface area is 129 Å². The molecule has 0 unspecified atom stereocenters. The van der Waals surface area contributed by atoms with E-state index in [9.17, 15) is 4.79 Å². The fourth-order valence-electron chi connectivity index (χ4n) is 3.51. The molecule has 1 amide bonds. The normalized spacial score (nSPS) is 27.8. The number of carbonyl (C=O) groups is 1. The van der Waals surface area contributed by atoms with Crippen LogP contribution < -0.4 is 5.32 Å². The first-order valence-corrected chi connectivity index (χ1v) is 8.85. The predicted octanol–water partition coefficient (Wildman–Crippen LogP) is 3.88. The van der Waals surface area contributed by atoms with Crippen LogP contribution in [0.4, 0.5) is 0 Å². The number of carbonyl (C=O) groups excluding carboxylic acids is 1. The number of fused-ring (bicyclic) bond motifs is 2. The van der Waals surface area contributed by atoms with Crippen LogP contribution >= 0.6 is 23.4 Å². The quantitative estimate of drug-likeness (QED) is 0.894. The van der Waals surface area contributed by atoms with Gasteiger partial charge in [0.25, 0.3) is 0 Å². The van der Waals surface area contributed by atoms with Crippen LogP contribution in [0.3, 0.4) is 0 Å². The molecule has 2 aliphatic carbocycles. The van der Waals surface area contributed by atoms with Crippen molar-refractivity contribution in [2.75, 3.05) is 5.75 Å². The second-order valence-electron chi connectivity index (χ2n) is 5.97. The third-order valence-electron chi connectivity index (χ3n) is 4.50. The number of hydrogen-bond acceptors (Lipinski definition) is 2. The summed E-state index contributed by atoms with van der Waals surface area (Å²) in [5, 5.41) is 3.98. The van der Waals surface area contributed by atoms with Gasteiger partial charge in [-0.15, -0.1) is 11.8 Å². The van der Waals surface area contributed by atoms with E-state index in [0.717, 1.165) is 22.6 Å². The molecule has 0 aromatic heterocycles. The number of nitrogens with one attached hydrogen (secondary N) is 1. The molecule has 1 aromatic carbocycles. The minimum Gasteiger partial charge on any atom is -0.352 e. The molecule has 3 rings (SSSR count). The van der Waals surface area contributed by atoms with Crippen LogP contribution in [0, 0.1) is 11.8 Å². The van der Waals surface area contributed by atoms with E-state index in [1.807, 2.05) is 24.3 Å². The highest BCUT2D eigenvalue weighted by atomic mass is 35.5. The summed E-state index contributed by atoms with van der Waals surface area (Å²) in [4.78, 5) is 12.0. The Kier molecular flexibility index (Phi) is 4.57. The SMILES string of the molecule is O=C(CSCc1ccc(Cl)cc1)N[C@H]1C[C@@H]2CC[C@@H]1C2.